The number of carbonyl (C=O) groups is 1. The van der Waals surface area contributed by atoms with Crippen LogP contribution in [0.2, 0.25) is 0 Å². The van der Waals surface area contributed by atoms with Crippen molar-refractivity contribution >= 4 is 22.6 Å². The molecule has 33 heavy (non-hydrogen) atoms. The first-order valence-corrected chi connectivity index (χ1v) is 10.9. The second kappa shape index (κ2) is 10.1. The van der Waals surface area contributed by atoms with Crippen molar-refractivity contribution < 1.29 is 23.4 Å². The van der Waals surface area contributed by atoms with Crippen molar-refractivity contribution in [1.82, 2.24) is 4.90 Å². The maximum Gasteiger partial charge on any atom is 0.340 e. The van der Waals surface area contributed by atoms with E-state index in [0.29, 0.717) is 39.3 Å². The summed E-state index contributed by atoms with van der Waals surface area (Å²) in [5, 5.41) is 3.51. The lowest BCUT2D eigenvalue weighted by atomic mass is 10.0. The average Bonchev–Trinajstić information content (AvgIpc) is 2.82. The number of nitrogens with one attached hydrogen (secondary N) is 1. The van der Waals surface area contributed by atoms with Gasteiger partial charge in [0.2, 0.25) is 5.91 Å². The van der Waals surface area contributed by atoms with Gasteiger partial charge >= 0.3 is 5.63 Å². The van der Waals surface area contributed by atoms with Crippen LogP contribution in [0.15, 0.2) is 45.6 Å². The third-order valence-corrected chi connectivity index (χ3v) is 5.86. The molecule has 1 aliphatic rings. The Morgan fingerprint density at radius 3 is 2.48 bits per heavy atom. The van der Waals surface area contributed by atoms with Crippen LogP contribution in [0.25, 0.3) is 11.0 Å². The van der Waals surface area contributed by atoms with Crippen LogP contribution < -0.4 is 20.4 Å². The molecule has 1 fully saturated rings. The summed E-state index contributed by atoms with van der Waals surface area (Å²) in [5.41, 5.74) is 2.60. The summed E-state index contributed by atoms with van der Waals surface area (Å²) in [4.78, 5) is 27.7. The maximum atomic E-state index is 12.7. The Bertz CT molecular complexity index is 1200. The Hall–Kier alpha value is -3.36. The van der Waals surface area contributed by atoms with Crippen LogP contribution in [-0.2, 0) is 22.5 Å². The van der Waals surface area contributed by atoms with Gasteiger partial charge in [-0.3, -0.25) is 9.69 Å². The number of carbonyl (C=O) groups excluding carboxylic acids is 1. The number of methoxy groups -OCH3 is 2. The number of aryl methyl sites for hydroxylation is 1. The monoisotopic (exact) mass is 452 g/mol. The Kier molecular flexibility index (Phi) is 6.96. The van der Waals surface area contributed by atoms with Crippen LogP contribution in [0.4, 0.5) is 5.69 Å². The number of nitrogens with zero attached hydrogens (tertiary/aromatic N) is 1. The van der Waals surface area contributed by atoms with Gasteiger partial charge in [0.1, 0.15) is 17.1 Å². The molecule has 0 atom stereocenters. The van der Waals surface area contributed by atoms with Crippen molar-refractivity contribution in [3.8, 4) is 11.5 Å². The summed E-state index contributed by atoms with van der Waals surface area (Å²) in [7, 11) is 3.06. The first-order chi connectivity index (χ1) is 16.0. The fourth-order valence-electron chi connectivity index (χ4n) is 4.04. The number of hydrogen-bond donors (Lipinski definition) is 1. The Balaban J connectivity index is 1.49. The molecule has 0 unspecified atom stereocenters. The van der Waals surface area contributed by atoms with Gasteiger partial charge in [-0.2, -0.15) is 0 Å². The highest BCUT2D eigenvalue weighted by atomic mass is 16.5. The van der Waals surface area contributed by atoms with Crippen LogP contribution >= 0.6 is 0 Å². The predicted octanol–water partition coefficient (Wildman–Crippen LogP) is 3.13. The third kappa shape index (κ3) is 5.18. The second-order valence-electron chi connectivity index (χ2n) is 8.01. The summed E-state index contributed by atoms with van der Waals surface area (Å²) in [6, 6.07) is 11.1. The zero-order valence-corrected chi connectivity index (χ0v) is 19.1. The molecule has 3 aromatic rings. The zero-order chi connectivity index (χ0) is 23.4. The molecule has 2 aromatic carbocycles. The second-order valence-corrected chi connectivity index (χ2v) is 8.01. The number of amides is 1. The van der Waals surface area contributed by atoms with E-state index < -0.39 is 5.63 Å². The maximum absolute atomic E-state index is 12.7. The Morgan fingerprint density at radius 1 is 1.09 bits per heavy atom. The molecule has 8 nitrogen and oxygen atoms in total. The van der Waals surface area contributed by atoms with Crippen LogP contribution in [-0.4, -0.2) is 51.3 Å². The van der Waals surface area contributed by atoms with Gasteiger partial charge in [0, 0.05) is 37.5 Å². The number of benzene rings is 2. The van der Waals surface area contributed by atoms with Gasteiger partial charge in [-0.25, -0.2) is 4.79 Å². The lowest BCUT2D eigenvalue weighted by Crippen LogP contribution is -2.35. The van der Waals surface area contributed by atoms with Crippen LogP contribution in [0, 0.1) is 6.92 Å². The van der Waals surface area contributed by atoms with Crippen molar-refractivity contribution in [2.45, 2.75) is 19.9 Å². The van der Waals surface area contributed by atoms with E-state index in [1.807, 2.05) is 24.3 Å². The molecule has 1 saturated heterocycles. The molecular formula is C25H28N2O6. The standard InChI is InChI=1S/C25H28N2O6/c1-16-20(25(29)33-22-13-19(30-2)12-21(31-3)24(16)22)14-23(28)26-18-6-4-17(5-7-18)15-27-8-10-32-11-9-27/h4-7,12-13H,8-11,14-15H2,1-3H3,(H,26,28). The van der Waals surface area contributed by atoms with E-state index in [9.17, 15) is 9.59 Å². The predicted molar refractivity (Wildman–Crippen MR) is 125 cm³/mol. The van der Waals surface area contributed by atoms with Crippen molar-refractivity contribution in [2.24, 2.45) is 0 Å². The molecule has 0 bridgehead atoms. The number of anilines is 1. The summed E-state index contributed by atoms with van der Waals surface area (Å²) in [5.74, 6) is 0.741. The van der Waals surface area contributed by atoms with E-state index in [2.05, 4.69) is 10.2 Å². The third-order valence-electron chi connectivity index (χ3n) is 5.86. The van der Waals surface area contributed by atoms with Gasteiger partial charge in [0.25, 0.3) is 0 Å². The summed E-state index contributed by atoms with van der Waals surface area (Å²) in [6.07, 6.45) is -0.102. The molecule has 8 heteroatoms. The minimum atomic E-state index is -0.550. The first kappa shape index (κ1) is 22.8. The Labute approximate surface area is 192 Å². The molecule has 1 N–H and O–H groups in total. The fourth-order valence-corrected chi connectivity index (χ4v) is 4.04. The highest BCUT2D eigenvalue weighted by Gasteiger charge is 2.19. The van der Waals surface area contributed by atoms with E-state index in [1.54, 1.807) is 19.1 Å². The lowest BCUT2D eigenvalue weighted by Gasteiger charge is -2.26. The normalized spacial score (nSPS) is 14.3. The SMILES string of the molecule is COc1cc(OC)c2c(C)c(CC(=O)Nc3ccc(CN4CCOCC4)cc3)c(=O)oc2c1. The minimum Gasteiger partial charge on any atom is -0.496 e. The summed E-state index contributed by atoms with van der Waals surface area (Å²) >= 11 is 0. The topological polar surface area (TPSA) is 90.2 Å². The van der Waals surface area contributed by atoms with Crippen molar-refractivity contribution in [3.63, 3.8) is 0 Å². The highest BCUT2D eigenvalue weighted by Crippen LogP contribution is 2.33. The smallest absolute Gasteiger partial charge is 0.340 e. The van der Waals surface area contributed by atoms with Gasteiger partial charge in [0.05, 0.1) is 44.8 Å². The van der Waals surface area contributed by atoms with Crippen molar-refractivity contribution in [2.75, 3.05) is 45.8 Å². The molecule has 1 aromatic heterocycles. The van der Waals surface area contributed by atoms with E-state index in [0.717, 1.165) is 32.8 Å². The molecule has 0 saturated carbocycles. The Morgan fingerprint density at radius 2 is 1.82 bits per heavy atom. The molecule has 2 heterocycles. The van der Waals surface area contributed by atoms with Crippen molar-refractivity contribution in [1.29, 1.82) is 0 Å². The molecule has 4 rings (SSSR count). The molecular weight excluding hydrogens is 424 g/mol. The van der Waals surface area contributed by atoms with Crippen LogP contribution in [0.1, 0.15) is 16.7 Å². The van der Waals surface area contributed by atoms with Crippen molar-refractivity contribution in [3.05, 3.63) is 63.5 Å². The number of ether oxygens (including phenoxy) is 3. The van der Waals surface area contributed by atoms with Gasteiger partial charge in [-0.15, -0.1) is 0 Å². The molecule has 174 valence electrons. The molecule has 0 spiro atoms. The zero-order valence-electron chi connectivity index (χ0n) is 19.1. The van der Waals surface area contributed by atoms with Gasteiger partial charge < -0.3 is 23.9 Å². The molecule has 0 radical (unpaired) electrons. The molecule has 1 amide bonds. The number of morpholine rings is 1. The quantitative estimate of drug-likeness (QED) is 0.551. The first-order valence-electron chi connectivity index (χ1n) is 10.9. The molecule has 1 aliphatic heterocycles. The van der Waals surface area contributed by atoms with E-state index >= 15 is 0 Å². The lowest BCUT2D eigenvalue weighted by molar-refractivity contribution is -0.115. The fraction of sp³-hybridized carbons (Fsp3) is 0.360. The number of fused-ring (bicyclic) bond motifs is 1. The van der Waals surface area contributed by atoms with Crippen LogP contribution in [0.3, 0.4) is 0 Å². The van der Waals surface area contributed by atoms with E-state index in [4.69, 9.17) is 18.6 Å². The number of rotatable bonds is 7. The molecule has 0 aliphatic carbocycles. The summed E-state index contributed by atoms with van der Waals surface area (Å²) < 4.78 is 21.6. The van der Waals surface area contributed by atoms with Gasteiger partial charge in [-0.1, -0.05) is 12.1 Å². The van der Waals surface area contributed by atoms with Gasteiger partial charge in [0.15, 0.2) is 0 Å². The minimum absolute atomic E-state index is 0.102. The van der Waals surface area contributed by atoms with Crippen LogP contribution in [0.5, 0.6) is 11.5 Å². The largest absolute Gasteiger partial charge is 0.496 e. The number of hydrogen-bond acceptors (Lipinski definition) is 7. The summed E-state index contributed by atoms with van der Waals surface area (Å²) in [6.45, 7) is 6.00. The average molecular weight is 453 g/mol. The van der Waals surface area contributed by atoms with Gasteiger partial charge in [-0.05, 0) is 30.2 Å². The highest BCUT2D eigenvalue weighted by molar-refractivity contribution is 5.94. The van der Waals surface area contributed by atoms with E-state index in [1.165, 1.54) is 19.8 Å². The van der Waals surface area contributed by atoms with E-state index in [-0.39, 0.29) is 12.3 Å².